The molecule has 1 N–H and O–H groups in total. The van der Waals surface area contributed by atoms with E-state index in [1.165, 1.54) is 0 Å². The fourth-order valence-electron chi connectivity index (χ4n) is 2.39. The zero-order valence-corrected chi connectivity index (χ0v) is 17.4. The van der Waals surface area contributed by atoms with E-state index in [0.717, 1.165) is 16.7 Å². The maximum absolute atomic E-state index is 12.6. The topological polar surface area (TPSA) is 64.0 Å². The molecule has 0 radical (unpaired) electrons. The van der Waals surface area contributed by atoms with Gasteiger partial charge in [-0.15, -0.1) is 0 Å². The average Bonchev–Trinajstić information content (AvgIpc) is 2.91. The van der Waals surface area contributed by atoms with Crippen molar-refractivity contribution in [3.8, 4) is 0 Å². The van der Waals surface area contributed by atoms with Gasteiger partial charge in [0.15, 0.2) is 5.82 Å². The maximum Gasteiger partial charge on any atom is 0.263 e. The van der Waals surface area contributed by atoms with E-state index >= 15 is 0 Å². The molecule has 0 unspecified atom stereocenters. The molecule has 5 nitrogen and oxygen atoms in total. The second-order valence-corrected chi connectivity index (χ2v) is 8.97. The fourth-order valence-corrected chi connectivity index (χ4v) is 4.17. The van der Waals surface area contributed by atoms with Crippen LogP contribution in [-0.2, 0) is 16.6 Å². The Morgan fingerprint density at radius 3 is 2.46 bits per heavy atom. The standard InChI is InChI=1S/C18H17BrClN3O2S/c1-12-3-8-16(9-13(12)2)26(24,25)22-18-17(19)11-23(21-18)10-14-4-6-15(20)7-5-14/h3-9,11H,10H2,1-2H3,(H,21,22). The molecule has 0 fully saturated rings. The number of nitrogens with zero attached hydrogens (tertiary/aromatic N) is 2. The second kappa shape index (κ2) is 7.42. The lowest BCUT2D eigenvalue weighted by Gasteiger charge is -2.08. The second-order valence-electron chi connectivity index (χ2n) is 6.00. The van der Waals surface area contributed by atoms with Crippen molar-refractivity contribution in [1.82, 2.24) is 9.78 Å². The number of sulfonamides is 1. The lowest BCUT2D eigenvalue weighted by molar-refractivity contribution is 0.600. The first-order valence-corrected chi connectivity index (χ1v) is 10.5. The van der Waals surface area contributed by atoms with Gasteiger partial charge < -0.3 is 0 Å². The summed E-state index contributed by atoms with van der Waals surface area (Å²) in [6.07, 6.45) is 1.73. The van der Waals surface area contributed by atoms with Crippen LogP contribution in [-0.4, -0.2) is 18.2 Å². The van der Waals surface area contributed by atoms with Crippen LogP contribution in [0.3, 0.4) is 0 Å². The molecule has 8 heteroatoms. The summed E-state index contributed by atoms with van der Waals surface area (Å²) in [6, 6.07) is 12.4. The maximum atomic E-state index is 12.6. The van der Waals surface area contributed by atoms with Gasteiger partial charge in [-0.1, -0.05) is 29.8 Å². The van der Waals surface area contributed by atoms with Gasteiger partial charge in [-0.3, -0.25) is 9.40 Å². The van der Waals surface area contributed by atoms with E-state index in [2.05, 4.69) is 25.8 Å². The highest BCUT2D eigenvalue weighted by atomic mass is 79.9. The fraction of sp³-hybridized carbons (Fsp3) is 0.167. The summed E-state index contributed by atoms with van der Waals surface area (Å²) in [6.45, 7) is 4.32. The van der Waals surface area contributed by atoms with Crippen LogP contribution in [0.4, 0.5) is 5.82 Å². The van der Waals surface area contributed by atoms with Crippen LogP contribution in [0.5, 0.6) is 0 Å². The first-order chi connectivity index (χ1) is 12.2. The monoisotopic (exact) mass is 453 g/mol. The Hall–Kier alpha value is -1.83. The molecule has 0 aliphatic rings. The summed E-state index contributed by atoms with van der Waals surface area (Å²) in [5, 5.41) is 4.99. The van der Waals surface area contributed by atoms with Crippen LogP contribution in [0.1, 0.15) is 16.7 Å². The molecule has 26 heavy (non-hydrogen) atoms. The number of hydrogen-bond acceptors (Lipinski definition) is 3. The highest BCUT2D eigenvalue weighted by Crippen LogP contribution is 2.25. The van der Waals surface area contributed by atoms with E-state index in [4.69, 9.17) is 11.6 Å². The van der Waals surface area contributed by atoms with Crippen molar-refractivity contribution in [2.45, 2.75) is 25.3 Å². The third kappa shape index (κ3) is 4.28. The van der Waals surface area contributed by atoms with Crippen molar-refractivity contribution < 1.29 is 8.42 Å². The number of rotatable bonds is 5. The summed E-state index contributed by atoms with van der Waals surface area (Å²) in [7, 11) is -3.71. The Morgan fingerprint density at radius 2 is 1.81 bits per heavy atom. The quantitative estimate of drug-likeness (QED) is 0.604. The molecule has 136 valence electrons. The van der Waals surface area contributed by atoms with Crippen LogP contribution in [0, 0.1) is 13.8 Å². The minimum atomic E-state index is -3.71. The zero-order valence-electron chi connectivity index (χ0n) is 14.2. The van der Waals surface area contributed by atoms with Crippen LogP contribution in [0.2, 0.25) is 5.02 Å². The van der Waals surface area contributed by atoms with Crippen LogP contribution < -0.4 is 4.72 Å². The van der Waals surface area contributed by atoms with E-state index < -0.39 is 10.0 Å². The first-order valence-electron chi connectivity index (χ1n) is 7.82. The largest absolute Gasteiger partial charge is 0.265 e. The van der Waals surface area contributed by atoms with E-state index in [0.29, 0.717) is 16.0 Å². The number of anilines is 1. The third-order valence-corrected chi connectivity index (χ3v) is 6.16. The van der Waals surface area contributed by atoms with E-state index in [1.54, 1.807) is 41.2 Å². The van der Waals surface area contributed by atoms with Gasteiger partial charge in [0.2, 0.25) is 0 Å². The van der Waals surface area contributed by atoms with Gasteiger partial charge in [0.25, 0.3) is 10.0 Å². The molecule has 0 bridgehead atoms. The van der Waals surface area contributed by atoms with Crippen molar-refractivity contribution in [3.05, 3.63) is 74.8 Å². The van der Waals surface area contributed by atoms with Gasteiger partial charge in [0.1, 0.15) is 0 Å². The molecule has 0 spiro atoms. The Bertz CT molecular complexity index is 1050. The Labute approximate surface area is 166 Å². The van der Waals surface area contributed by atoms with Crippen molar-refractivity contribution in [3.63, 3.8) is 0 Å². The number of nitrogens with one attached hydrogen (secondary N) is 1. The summed E-state index contributed by atoms with van der Waals surface area (Å²) in [4.78, 5) is 0.208. The summed E-state index contributed by atoms with van der Waals surface area (Å²) < 4.78 is 30.0. The molecule has 0 aliphatic carbocycles. The van der Waals surface area contributed by atoms with Crippen molar-refractivity contribution in [2.75, 3.05) is 4.72 Å². The van der Waals surface area contributed by atoms with Gasteiger partial charge in [-0.25, -0.2) is 8.42 Å². The molecular weight excluding hydrogens is 438 g/mol. The molecule has 0 amide bonds. The Kier molecular flexibility index (Phi) is 5.41. The molecule has 2 aromatic carbocycles. The predicted molar refractivity (Wildman–Crippen MR) is 107 cm³/mol. The van der Waals surface area contributed by atoms with E-state index in [9.17, 15) is 8.42 Å². The van der Waals surface area contributed by atoms with Gasteiger partial charge >= 0.3 is 0 Å². The molecule has 1 aromatic heterocycles. The van der Waals surface area contributed by atoms with Crippen molar-refractivity contribution in [1.29, 1.82) is 0 Å². The SMILES string of the molecule is Cc1ccc(S(=O)(=O)Nc2nn(Cc3ccc(Cl)cc3)cc2Br)cc1C. The number of hydrogen-bond donors (Lipinski definition) is 1. The Balaban J connectivity index is 1.82. The molecule has 0 saturated carbocycles. The van der Waals surface area contributed by atoms with Gasteiger partial charge in [0, 0.05) is 11.2 Å². The van der Waals surface area contributed by atoms with Crippen LogP contribution >= 0.6 is 27.5 Å². The average molecular weight is 455 g/mol. The number of aryl methyl sites for hydroxylation is 2. The first kappa shape index (κ1) is 18.9. The van der Waals surface area contributed by atoms with E-state index in [-0.39, 0.29) is 10.7 Å². The molecular formula is C18H17BrClN3O2S. The smallest absolute Gasteiger partial charge is 0.263 e. The summed E-state index contributed by atoms with van der Waals surface area (Å²) in [5.74, 6) is 0.247. The van der Waals surface area contributed by atoms with Crippen LogP contribution in [0.25, 0.3) is 0 Å². The molecule has 1 heterocycles. The minimum Gasteiger partial charge on any atom is -0.265 e. The molecule has 3 aromatic rings. The number of benzene rings is 2. The third-order valence-electron chi connectivity index (χ3n) is 3.99. The predicted octanol–water partition coefficient (Wildman–Crippen LogP) is 4.76. The minimum absolute atomic E-state index is 0.208. The van der Waals surface area contributed by atoms with E-state index in [1.807, 2.05) is 26.0 Å². The summed E-state index contributed by atoms with van der Waals surface area (Å²) >= 11 is 9.25. The molecule has 0 aliphatic heterocycles. The zero-order chi connectivity index (χ0) is 18.9. The molecule has 0 atom stereocenters. The summed E-state index contributed by atoms with van der Waals surface area (Å²) in [5.41, 5.74) is 2.96. The number of halogens is 2. The lowest BCUT2D eigenvalue weighted by atomic mass is 10.1. The van der Waals surface area contributed by atoms with Crippen molar-refractivity contribution >= 4 is 43.4 Å². The number of aromatic nitrogens is 2. The van der Waals surface area contributed by atoms with Gasteiger partial charge in [-0.05, 0) is 70.7 Å². The highest BCUT2D eigenvalue weighted by molar-refractivity contribution is 9.10. The Morgan fingerprint density at radius 1 is 1.12 bits per heavy atom. The van der Waals surface area contributed by atoms with Gasteiger partial charge in [0.05, 0.1) is 15.9 Å². The highest BCUT2D eigenvalue weighted by Gasteiger charge is 2.18. The van der Waals surface area contributed by atoms with Crippen LogP contribution in [0.15, 0.2) is 58.0 Å². The lowest BCUT2D eigenvalue weighted by Crippen LogP contribution is -2.14. The normalized spacial score (nSPS) is 11.5. The van der Waals surface area contributed by atoms with Gasteiger partial charge in [-0.2, -0.15) is 5.10 Å². The molecule has 3 rings (SSSR count). The van der Waals surface area contributed by atoms with Crippen molar-refractivity contribution in [2.24, 2.45) is 0 Å². The molecule has 0 saturated heterocycles.